The molecule has 0 radical (unpaired) electrons. The van der Waals surface area contributed by atoms with Crippen LogP contribution in [0.15, 0.2) is 73.3 Å². The maximum Gasteiger partial charge on any atom is 0.0411 e. The Morgan fingerprint density at radius 3 is 1.62 bits per heavy atom. The molecule has 3 aromatic carbocycles. The van der Waals surface area contributed by atoms with Crippen molar-refractivity contribution in [2.24, 2.45) is 0 Å². The minimum Gasteiger partial charge on any atom is -0.0985 e. The van der Waals surface area contributed by atoms with E-state index in [-0.39, 0.29) is 0 Å². The van der Waals surface area contributed by atoms with Crippen LogP contribution in [0.25, 0.3) is 6.08 Å². The Bertz CT molecular complexity index is 1040. The van der Waals surface area contributed by atoms with Gasteiger partial charge in [-0.05, 0) is 55.8 Å². The molecule has 0 heteroatoms. The number of hydrogen-bond acceptors (Lipinski definition) is 0. The van der Waals surface area contributed by atoms with Crippen LogP contribution in [0.2, 0.25) is 0 Å². The predicted octanol–water partition coefficient (Wildman–Crippen LogP) is 5.75. The molecular formula is C26H20. The molecule has 0 aliphatic carbocycles. The second kappa shape index (κ2) is 8.06. The highest BCUT2D eigenvalue weighted by Crippen LogP contribution is 2.13. The van der Waals surface area contributed by atoms with Crippen molar-refractivity contribution < 1.29 is 0 Å². The molecule has 26 heavy (non-hydrogen) atoms. The van der Waals surface area contributed by atoms with Gasteiger partial charge in [0.2, 0.25) is 0 Å². The molecule has 0 bridgehead atoms. The van der Waals surface area contributed by atoms with E-state index in [2.05, 4.69) is 68.4 Å². The highest BCUT2D eigenvalue weighted by molar-refractivity contribution is 5.60. The van der Waals surface area contributed by atoms with Gasteiger partial charge in [-0.25, -0.2) is 0 Å². The highest BCUT2D eigenvalue weighted by atomic mass is 14.0. The Balaban J connectivity index is 1.97. The Labute approximate surface area is 156 Å². The van der Waals surface area contributed by atoms with E-state index in [9.17, 15) is 0 Å². The lowest BCUT2D eigenvalue weighted by Crippen LogP contribution is -1.86. The van der Waals surface area contributed by atoms with Crippen LogP contribution in [0.1, 0.15) is 38.9 Å². The Morgan fingerprint density at radius 2 is 1.12 bits per heavy atom. The minimum atomic E-state index is 0.919. The maximum absolute atomic E-state index is 3.85. The van der Waals surface area contributed by atoms with Crippen LogP contribution in [-0.4, -0.2) is 0 Å². The molecular weight excluding hydrogens is 312 g/mol. The average molecular weight is 332 g/mol. The van der Waals surface area contributed by atoms with Crippen LogP contribution in [0.3, 0.4) is 0 Å². The van der Waals surface area contributed by atoms with E-state index in [1.807, 2.05) is 48.5 Å². The van der Waals surface area contributed by atoms with Crippen molar-refractivity contribution in [3.05, 3.63) is 112 Å². The lowest BCUT2D eigenvalue weighted by molar-refractivity contribution is 1.46. The van der Waals surface area contributed by atoms with Gasteiger partial charge in [-0.3, -0.25) is 0 Å². The van der Waals surface area contributed by atoms with E-state index in [0.29, 0.717) is 0 Å². The summed E-state index contributed by atoms with van der Waals surface area (Å²) in [5.41, 5.74) is 7.35. The van der Waals surface area contributed by atoms with Gasteiger partial charge in [0.15, 0.2) is 0 Å². The summed E-state index contributed by atoms with van der Waals surface area (Å²) in [7, 11) is 0. The molecule has 0 aliphatic rings. The molecule has 0 N–H and O–H groups in total. The first-order chi connectivity index (χ1) is 12.6. The molecule has 0 unspecified atom stereocenters. The zero-order chi connectivity index (χ0) is 18.4. The van der Waals surface area contributed by atoms with Gasteiger partial charge in [-0.1, -0.05) is 77.8 Å². The third-order valence-corrected chi connectivity index (χ3v) is 4.07. The molecule has 0 aliphatic heterocycles. The predicted molar refractivity (Wildman–Crippen MR) is 111 cm³/mol. The molecule has 0 heterocycles. The van der Waals surface area contributed by atoms with Gasteiger partial charge < -0.3 is 0 Å². The van der Waals surface area contributed by atoms with E-state index >= 15 is 0 Å². The number of rotatable bonds is 1. The molecule has 0 saturated carbocycles. The fraction of sp³-hybridized carbons (Fsp3) is 0.0769. The van der Waals surface area contributed by atoms with E-state index in [1.165, 1.54) is 11.1 Å². The van der Waals surface area contributed by atoms with Crippen LogP contribution in [0.4, 0.5) is 0 Å². The first-order valence-corrected chi connectivity index (χ1v) is 8.58. The second-order valence-electron chi connectivity index (χ2n) is 6.24. The standard InChI is InChI=1S/C26H20/c1-4-22-13-16-25(17-14-23-9-5-20(2)6-10-23)26(19-22)18-15-24-11-7-21(3)8-12-24/h4-13,16,19H,1H2,2-3H3. The van der Waals surface area contributed by atoms with E-state index in [1.54, 1.807) is 0 Å². The van der Waals surface area contributed by atoms with Crippen molar-refractivity contribution in [1.82, 2.24) is 0 Å². The van der Waals surface area contributed by atoms with Gasteiger partial charge in [-0.2, -0.15) is 0 Å². The SMILES string of the molecule is C=Cc1ccc(C#Cc2ccc(C)cc2)c(C#Cc2ccc(C)cc2)c1. The zero-order valence-corrected chi connectivity index (χ0v) is 15.1. The molecule has 0 amide bonds. The van der Waals surface area contributed by atoms with Gasteiger partial charge >= 0.3 is 0 Å². The molecule has 3 rings (SSSR count). The monoisotopic (exact) mass is 332 g/mol. The summed E-state index contributed by atoms with van der Waals surface area (Å²) < 4.78 is 0. The van der Waals surface area contributed by atoms with Crippen molar-refractivity contribution in [3.63, 3.8) is 0 Å². The van der Waals surface area contributed by atoms with Crippen molar-refractivity contribution in [2.75, 3.05) is 0 Å². The van der Waals surface area contributed by atoms with Gasteiger partial charge in [-0.15, -0.1) is 0 Å². The van der Waals surface area contributed by atoms with Crippen molar-refractivity contribution >= 4 is 6.08 Å². The maximum atomic E-state index is 3.85. The summed E-state index contributed by atoms with van der Waals surface area (Å²) >= 11 is 0. The van der Waals surface area contributed by atoms with Gasteiger partial charge in [0.25, 0.3) is 0 Å². The Hall–Kier alpha value is -3.48. The largest absolute Gasteiger partial charge is 0.0985 e. The topological polar surface area (TPSA) is 0 Å². The van der Waals surface area contributed by atoms with Gasteiger partial charge in [0, 0.05) is 22.3 Å². The minimum absolute atomic E-state index is 0.919. The zero-order valence-electron chi connectivity index (χ0n) is 15.1. The summed E-state index contributed by atoms with van der Waals surface area (Å²) in [6.07, 6.45) is 1.83. The fourth-order valence-corrected chi connectivity index (χ4v) is 2.45. The van der Waals surface area contributed by atoms with E-state index in [4.69, 9.17) is 0 Å². The summed E-state index contributed by atoms with van der Waals surface area (Å²) in [5, 5.41) is 0. The Kier molecular flexibility index (Phi) is 5.38. The molecule has 0 aromatic heterocycles. The van der Waals surface area contributed by atoms with Crippen molar-refractivity contribution in [2.45, 2.75) is 13.8 Å². The van der Waals surface area contributed by atoms with E-state index in [0.717, 1.165) is 27.8 Å². The smallest absolute Gasteiger partial charge is 0.0411 e. The van der Waals surface area contributed by atoms with E-state index < -0.39 is 0 Å². The van der Waals surface area contributed by atoms with Crippen LogP contribution in [0, 0.1) is 37.5 Å². The normalized spacial score (nSPS) is 9.46. The molecule has 0 atom stereocenters. The van der Waals surface area contributed by atoms with Crippen molar-refractivity contribution in [1.29, 1.82) is 0 Å². The number of benzene rings is 3. The van der Waals surface area contributed by atoms with Gasteiger partial charge in [0.05, 0.1) is 0 Å². The van der Waals surface area contributed by atoms with Crippen molar-refractivity contribution in [3.8, 4) is 23.7 Å². The summed E-state index contributed by atoms with van der Waals surface area (Å²) in [6, 6.07) is 22.5. The molecule has 3 aromatic rings. The van der Waals surface area contributed by atoms with Crippen LogP contribution >= 0.6 is 0 Å². The number of aryl methyl sites for hydroxylation is 2. The second-order valence-corrected chi connectivity index (χ2v) is 6.24. The van der Waals surface area contributed by atoms with Crippen LogP contribution in [0.5, 0.6) is 0 Å². The Morgan fingerprint density at radius 1 is 0.615 bits per heavy atom. The molecule has 0 fully saturated rings. The molecule has 0 spiro atoms. The quantitative estimate of drug-likeness (QED) is 0.498. The first-order valence-electron chi connectivity index (χ1n) is 8.58. The lowest BCUT2D eigenvalue weighted by atomic mass is 10.0. The fourth-order valence-electron chi connectivity index (χ4n) is 2.45. The third-order valence-electron chi connectivity index (χ3n) is 4.07. The van der Waals surface area contributed by atoms with Crippen LogP contribution in [-0.2, 0) is 0 Å². The third kappa shape index (κ3) is 4.54. The molecule has 0 saturated heterocycles. The summed E-state index contributed by atoms with van der Waals surface area (Å²) in [6.45, 7) is 7.99. The molecule has 0 nitrogen and oxygen atoms in total. The highest BCUT2D eigenvalue weighted by Gasteiger charge is 1.99. The number of hydrogen-bond donors (Lipinski definition) is 0. The van der Waals surface area contributed by atoms with Crippen LogP contribution < -0.4 is 0 Å². The lowest BCUT2D eigenvalue weighted by Gasteiger charge is -2.00. The molecule has 124 valence electrons. The van der Waals surface area contributed by atoms with Gasteiger partial charge in [0.1, 0.15) is 0 Å². The average Bonchev–Trinajstić information content (AvgIpc) is 2.67. The summed E-state index contributed by atoms with van der Waals surface area (Å²) in [5.74, 6) is 13.0. The summed E-state index contributed by atoms with van der Waals surface area (Å²) in [4.78, 5) is 0. The first kappa shape index (κ1) is 17.3.